The predicted octanol–water partition coefficient (Wildman–Crippen LogP) is 15.7. The summed E-state index contributed by atoms with van der Waals surface area (Å²) in [6.45, 7) is 0. The molecule has 11 rings (SSSR count). The highest BCUT2D eigenvalue weighted by molar-refractivity contribution is 6.13. The third-order valence-electron chi connectivity index (χ3n) is 11.6. The second-order valence-corrected chi connectivity index (χ2v) is 15.3. The summed E-state index contributed by atoms with van der Waals surface area (Å²) in [5.41, 5.74) is 18.7. The van der Waals surface area contributed by atoms with Crippen LogP contribution < -0.4 is 0 Å². The van der Waals surface area contributed by atoms with Gasteiger partial charge < -0.3 is 4.42 Å². The number of rotatable bonds is 8. The van der Waals surface area contributed by atoms with Gasteiger partial charge >= 0.3 is 0 Å². The lowest BCUT2D eigenvalue weighted by molar-refractivity contribution is 0.671. The van der Waals surface area contributed by atoms with Crippen molar-refractivity contribution in [1.82, 2.24) is 9.97 Å². The number of benzene rings is 8. The monoisotopic (exact) mass is 778 g/mol. The summed E-state index contributed by atoms with van der Waals surface area (Å²) < 4.78 is 6.90. The van der Waals surface area contributed by atoms with Crippen molar-refractivity contribution in [2.24, 2.45) is 0 Å². The lowest BCUT2D eigenvalue weighted by Gasteiger charge is -2.13. The van der Waals surface area contributed by atoms with E-state index in [0.717, 1.165) is 111 Å². The molecule has 61 heavy (non-hydrogen) atoms. The van der Waals surface area contributed by atoms with Gasteiger partial charge in [-0.25, -0.2) is 9.97 Å². The molecule has 0 amide bonds. The van der Waals surface area contributed by atoms with E-state index in [-0.39, 0.29) is 0 Å². The van der Waals surface area contributed by atoms with Crippen LogP contribution in [0.25, 0.3) is 111 Å². The Hall–Kier alpha value is -8.14. The third-order valence-corrected chi connectivity index (χ3v) is 11.6. The van der Waals surface area contributed by atoms with Crippen molar-refractivity contribution in [1.29, 1.82) is 0 Å². The zero-order chi connectivity index (χ0) is 40.5. The number of para-hydroxylation sites is 2. The molecule has 0 radical (unpaired) electrons. The van der Waals surface area contributed by atoms with E-state index in [1.165, 1.54) is 0 Å². The van der Waals surface area contributed by atoms with Crippen LogP contribution in [0.3, 0.4) is 0 Å². The molecule has 3 aromatic heterocycles. The van der Waals surface area contributed by atoms with Crippen molar-refractivity contribution in [3.63, 3.8) is 0 Å². The number of hydrogen-bond donors (Lipinski definition) is 0. The number of fused-ring (bicyclic) bond motifs is 3. The normalized spacial score (nSPS) is 11.3. The fourth-order valence-corrected chi connectivity index (χ4v) is 8.49. The molecule has 0 aliphatic carbocycles. The van der Waals surface area contributed by atoms with Gasteiger partial charge in [0.25, 0.3) is 0 Å². The minimum atomic E-state index is 0.880. The Bertz CT molecular complexity index is 3080. The van der Waals surface area contributed by atoms with Crippen LogP contribution in [0.4, 0.5) is 0 Å². The van der Waals surface area contributed by atoms with E-state index >= 15 is 0 Å². The van der Waals surface area contributed by atoms with Crippen molar-refractivity contribution in [3.8, 4) is 89.5 Å². The first-order valence-electron chi connectivity index (χ1n) is 20.6. The zero-order valence-electron chi connectivity index (χ0n) is 33.2. The minimum absolute atomic E-state index is 0.880. The largest absolute Gasteiger partial charge is 0.455 e. The van der Waals surface area contributed by atoms with E-state index in [0.29, 0.717) is 0 Å². The first kappa shape index (κ1) is 36.0. The van der Waals surface area contributed by atoms with Crippen molar-refractivity contribution >= 4 is 21.9 Å². The quantitative estimate of drug-likeness (QED) is 0.154. The van der Waals surface area contributed by atoms with Crippen LogP contribution in [-0.2, 0) is 0 Å². The van der Waals surface area contributed by atoms with Crippen molar-refractivity contribution in [3.05, 3.63) is 231 Å². The molecule has 0 aliphatic rings. The molecule has 0 bridgehead atoms. The molecular formula is C58H38N2O. The van der Waals surface area contributed by atoms with Crippen LogP contribution in [-0.4, -0.2) is 9.97 Å². The molecule has 0 atom stereocenters. The van der Waals surface area contributed by atoms with Crippen LogP contribution >= 0.6 is 0 Å². The van der Waals surface area contributed by atoms with Gasteiger partial charge in [0.1, 0.15) is 11.2 Å². The van der Waals surface area contributed by atoms with Crippen LogP contribution in [0.5, 0.6) is 0 Å². The summed E-state index contributed by atoms with van der Waals surface area (Å²) in [4.78, 5) is 10.4. The molecule has 0 unspecified atom stereocenters. The molecule has 0 spiro atoms. The molecule has 3 heteroatoms. The predicted molar refractivity (Wildman–Crippen MR) is 253 cm³/mol. The Labute approximate surface area is 354 Å². The summed E-state index contributed by atoms with van der Waals surface area (Å²) in [5.74, 6) is 0. The molecule has 3 heterocycles. The summed E-state index contributed by atoms with van der Waals surface area (Å²) in [6.07, 6.45) is 0. The summed E-state index contributed by atoms with van der Waals surface area (Å²) in [5, 5.41) is 2.19. The molecule has 0 saturated carbocycles. The standard InChI is InChI=1S/C58H38N2O/c1-5-15-43(16-6-1)53-37-35-47(55(59-53)45-19-9-3-10-20-45)39-27-31-41(32-28-39)49-23-13-25-51-52-26-14-24-50(58(52)61-57(49)51)42-33-29-40(30-34-42)48-36-38-54(44-17-7-2-8-18-44)60-56(48)46-21-11-4-12-22-46/h1-38H. The smallest absolute Gasteiger partial charge is 0.143 e. The van der Waals surface area contributed by atoms with Gasteiger partial charge in [0.15, 0.2) is 0 Å². The maximum Gasteiger partial charge on any atom is 0.143 e. The van der Waals surface area contributed by atoms with E-state index in [2.05, 4.69) is 206 Å². The number of nitrogens with zero attached hydrogens (tertiary/aromatic N) is 2. The molecular weight excluding hydrogens is 741 g/mol. The highest BCUT2D eigenvalue weighted by atomic mass is 16.3. The van der Waals surface area contributed by atoms with Crippen molar-refractivity contribution in [2.45, 2.75) is 0 Å². The van der Waals surface area contributed by atoms with E-state index in [9.17, 15) is 0 Å². The average Bonchev–Trinajstić information content (AvgIpc) is 3.74. The van der Waals surface area contributed by atoms with Gasteiger partial charge in [0.2, 0.25) is 0 Å². The molecule has 0 aliphatic heterocycles. The zero-order valence-corrected chi connectivity index (χ0v) is 33.2. The van der Waals surface area contributed by atoms with Gasteiger partial charge in [-0.15, -0.1) is 0 Å². The first-order chi connectivity index (χ1) is 30.2. The minimum Gasteiger partial charge on any atom is -0.455 e. The molecule has 3 nitrogen and oxygen atoms in total. The number of aromatic nitrogens is 2. The van der Waals surface area contributed by atoms with Crippen LogP contribution in [0, 0.1) is 0 Å². The molecule has 8 aromatic carbocycles. The van der Waals surface area contributed by atoms with Crippen molar-refractivity contribution < 1.29 is 4.42 Å². The Morgan fingerprint density at radius 1 is 0.230 bits per heavy atom. The second kappa shape index (κ2) is 15.6. The molecule has 0 fully saturated rings. The number of pyridine rings is 2. The van der Waals surface area contributed by atoms with E-state index in [1.807, 2.05) is 24.3 Å². The van der Waals surface area contributed by atoms with E-state index < -0.39 is 0 Å². The lowest BCUT2D eigenvalue weighted by atomic mass is 9.95. The Morgan fingerprint density at radius 3 is 0.918 bits per heavy atom. The van der Waals surface area contributed by atoms with Gasteiger partial charge in [-0.05, 0) is 34.4 Å². The Balaban J connectivity index is 0.942. The van der Waals surface area contributed by atoms with Crippen LogP contribution in [0.1, 0.15) is 0 Å². The number of hydrogen-bond acceptors (Lipinski definition) is 3. The molecule has 11 aromatic rings. The first-order valence-corrected chi connectivity index (χ1v) is 20.6. The summed E-state index contributed by atoms with van der Waals surface area (Å²) >= 11 is 0. The van der Waals surface area contributed by atoms with E-state index in [1.54, 1.807) is 0 Å². The maximum absolute atomic E-state index is 6.90. The third kappa shape index (κ3) is 6.78. The maximum atomic E-state index is 6.90. The average molecular weight is 779 g/mol. The van der Waals surface area contributed by atoms with Crippen molar-refractivity contribution in [2.75, 3.05) is 0 Å². The van der Waals surface area contributed by atoms with Gasteiger partial charge in [-0.2, -0.15) is 0 Å². The van der Waals surface area contributed by atoms with Gasteiger partial charge in [0, 0.05) is 55.3 Å². The molecule has 286 valence electrons. The molecule has 0 saturated heterocycles. The highest BCUT2D eigenvalue weighted by Gasteiger charge is 2.18. The Kier molecular flexibility index (Phi) is 9.18. The second-order valence-electron chi connectivity index (χ2n) is 15.3. The SMILES string of the molecule is c1ccc(-c2ccc(-c3ccc(-c4cccc5c4oc4c(-c6ccc(-c7ccc(-c8ccccc8)nc7-c7ccccc7)cc6)cccc45)cc3)c(-c3ccccc3)n2)cc1. The summed E-state index contributed by atoms with van der Waals surface area (Å²) in [7, 11) is 0. The van der Waals surface area contributed by atoms with Gasteiger partial charge in [0.05, 0.1) is 22.8 Å². The number of furan rings is 1. The van der Waals surface area contributed by atoms with E-state index in [4.69, 9.17) is 14.4 Å². The fraction of sp³-hybridized carbons (Fsp3) is 0. The lowest BCUT2D eigenvalue weighted by Crippen LogP contribution is -1.93. The fourth-order valence-electron chi connectivity index (χ4n) is 8.49. The van der Waals surface area contributed by atoms with Gasteiger partial charge in [-0.1, -0.05) is 218 Å². The summed E-state index contributed by atoms with van der Waals surface area (Å²) in [6, 6.07) is 80.7. The highest BCUT2D eigenvalue weighted by Crippen LogP contribution is 2.42. The topological polar surface area (TPSA) is 38.9 Å². The van der Waals surface area contributed by atoms with Crippen LogP contribution in [0.2, 0.25) is 0 Å². The van der Waals surface area contributed by atoms with Crippen LogP contribution in [0.15, 0.2) is 235 Å². The Morgan fingerprint density at radius 2 is 0.557 bits per heavy atom. The molecule has 0 N–H and O–H groups in total. The van der Waals surface area contributed by atoms with Gasteiger partial charge in [-0.3, -0.25) is 0 Å².